The third-order valence-electron chi connectivity index (χ3n) is 5.49. The molecule has 0 radical (unpaired) electrons. The summed E-state index contributed by atoms with van der Waals surface area (Å²) in [6.07, 6.45) is 7.61. The number of hydrogen-bond acceptors (Lipinski definition) is 3. The molecule has 0 saturated heterocycles. The highest BCUT2D eigenvalue weighted by Crippen LogP contribution is 2.25. The van der Waals surface area contributed by atoms with Crippen molar-refractivity contribution >= 4 is 16.7 Å². The Morgan fingerprint density at radius 1 is 1.11 bits per heavy atom. The monoisotopic (exact) mass is 369 g/mol. The predicted molar refractivity (Wildman–Crippen MR) is 109 cm³/mol. The normalized spacial score (nSPS) is 16.2. The van der Waals surface area contributed by atoms with Gasteiger partial charge in [-0.25, -0.2) is 0 Å². The second-order valence-corrected chi connectivity index (χ2v) is 7.47. The minimum Gasteiger partial charge on any atom is -0.497 e. The first-order valence-electron chi connectivity index (χ1n) is 10.1. The van der Waals surface area contributed by atoms with Gasteiger partial charge in [-0.05, 0) is 54.7 Å². The number of benzene rings is 2. The molecule has 1 atom stereocenters. The molecule has 27 heavy (non-hydrogen) atoms. The van der Waals surface area contributed by atoms with E-state index >= 15 is 0 Å². The predicted octanol–water partition coefficient (Wildman–Crippen LogP) is 4.81. The highest BCUT2D eigenvalue weighted by molar-refractivity contribution is 5.88. The summed E-state index contributed by atoms with van der Waals surface area (Å²) in [4.78, 5) is 12.5. The molecular formula is C23H31NO3. The smallest absolute Gasteiger partial charge is 0.227 e. The van der Waals surface area contributed by atoms with E-state index in [1.165, 1.54) is 32.1 Å². The number of fused-ring (bicyclic) bond motifs is 1. The molecule has 1 fully saturated rings. The van der Waals surface area contributed by atoms with Gasteiger partial charge in [-0.3, -0.25) is 4.79 Å². The zero-order valence-electron chi connectivity index (χ0n) is 16.5. The molecule has 0 unspecified atom stereocenters. The van der Waals surface area contributed by atoms with Gasteiger partial charge in [0.15, 0.2) is 0 Å². The first-order valence-corrected chi connectivity index (χ1v) is 10.1. The van der Waals surface area contributed by atoms with Gasteiger partial charge in [0, 0.05) is 13.2 Å². The Hall–Kier alpha value is -2.07. The van der Waals surface area contributed by atoms with Crippen molar-refractivity contribution in [3.8, 4) is 5.75 Å². The summed E-state index contributed by atoms with van der Waals surface area (Å²) in [5, 5.41) is 5.28. The molecule has 1 aliphatic rings. The van der Waals surface area contributed by atoms with Crippen LogP contribution in [0.1, 0.15) is 56.9 Å². The summed E-state index contributed by atoms with van der Waals surface area (Å²) in [6.45, 7) is 3.36. The SMILES string of the molecule is COc1ccc2cc([C@H](C)C(=O)NCCCOC3CCCCC3)ccc2c1. The number of rotatable bonds is 8. The highest BCUT2D eigenvalue weighted by atomic mass is 16.5. The van der Waals surface area contributed by atoms with E-state index in [1.54, 1.807) is 7.11 Å². The zero-order valence-corrected chi connectivity index (χ0v) is 16.5. The van der Waals surface area contributed by atoms with Crippen molar-refractivity contribution in [2.75, 3.05) is 20.3 Å². The Morgan fingerprint density at radius 3 is 2.63 bits per heavy atom. The van der Waals surface area contributed by atoms with Gasteiger partial charge in [0.05, 0.1) is 19.1 Å². The van der Waals surface area contributed by atoms with E-state index in [9.17, 15) is 4.79 Å². The average Bonchev–Trinajstić information content (AvgIpc) is 2.72. The van der Waals surface area contributed by atoms with Crippen molar-refractivity contribution in [2.24, 2.45) is 0 Å². The van der Waals surface area contributed by atoms with Crippen LogP contribution in [0.2, 0.25) is 0 Å². The van der Waals surface area contributed by atoms with Crippen LogP contribution in [-0.2, 0) is 9.53 Å². The fourth-order valence-corrected chi connectivity index (χ4v) is 3.71. The van der Waals surface area contributed by atoms with E-state index in [0.717, 1.165) is 35.1 Å². The van der Waals surface area contributed by atoms with Crippen molar-refractivity contribution in [3.63, 3.8) is 0 Å². The quantitative estimate of drug-likeness (QED) is 0.680. The second kappa shape index (κ2) is 9.75. The average molecular weight is 370 g/mol. The molecule has 4 heteroatoms. The lowest BCUT2D eigenvalue weighted by molar-refractivity contribution is -0.122. The van der Waals surface area contributed by atoms with Crippen LogP contribution in [-0.4, -0.2) is 32.3 Å². The molecule has 146 valence electrons. The van der Waals surface area contributed by atoms with Gasteiger partial charge >= 0.3 is 0 Å². The van der Waals surface area contributed by atoms with E-state index in [0.29, 0.717) is 12.6 Å². The molecule has 4 nitrogen and oxygen atoms in total. The molecule has 0 bridgehead atoms. The lowest BCUT2D eigenvalue weighted by atomic mass is 9.97. The van der Waals surface area contributed by atoms with Gasteiger partial charge in [-0.2, -0.15) is 0 Å². The van der Waals surface area contributed by atoms with Crippen LogP contribution >= 0.6 is 0 Å². The molecule has 1 saturated carbocycles. The van der Waals surface area contributed by atoms with Gasteiger partial charge in [0.1, 0.15) is 5.75 Å². The van der Waals surface area contributed by atoms with E-state index in [4.69, 9.17) is 9.47 Å². The standard InChI is InChI=1S/C23H31NO3/c1-17(18-9-10-20-16-22(26-2)12-11-19(20)15-18)23(25)24-13-6-14-27-21-7-4-3-5-8-21/h9-12,15-17,21H,3-8,13-14H2,1-2H3,(H,24,25)/t17-/m0/s1. The van der Waals surface area contributed by atoms with Gasteiger partial charge in [-0.15, -0.1) is 0 Å². The third-order valence-corrected chi connectivity index (χ3v) is 5.49. The van der Waals surface area contributed by atoms with E-state index in [-0.39, 0.29) is 11.8 Å². The van der Waals surface area contributed by atoms with Gasteiger partial charge in [0.25, 0.3) is 0 Å². The van der Waals surface area contributed by atoms with Crippen LogP contribution in [0, 0.1) is 0 Å². The number of ether oxygens (including phenoxy) is 2. The summed E-state index contributed by atoms with van der Waals surface area (Å²) < 4.78 is 11.2. The molecule has 2 aromatic rings. The zero-order chi connectivity index (χ0) is 19.1. The maximum atomic E-state index is 12.5. The third kappa shape index (κ3) is 5.46. The largest absolute Gasteiger partial charge is 0.497 e. The van der Waals surface area contributed by atoms with Crippen molar-refractivity contribution in [1.82, 2.24) is 5.32 Å². The van der Waals surface area contributed by atoms with Crippen LogP contribution in [0.5, 0.6) is 5.75 Å². The minimum atomic E-state index is -0.171. The minimum absolute atomic E-state index is 0.0699. The van der Waals surface area contributed by atoms with E-state index in [1.807, 2.05) is 31.2 Å². The molecule has 1 aliphatic carbocycles. The topological polar surface area (TPSA) is 47.6 Å². The summed E-state index contributed by atoms with van der Waals surface area (Å²) in [6, 6.07) is 12.2. The molecule has 0 aromatic heterocycles. The van der Waals surface area contributed by atoms with Crippen LogP contribution < -0.4 is 10.1 Å². The van der Waals surface area contributed by atoms with Gasteiger partial charge in [0.2, 0.25) is 5.91 Å². The van der Waals surface area contributed by atoms with Crippen molar-refractivity contribution in [2.45, 2.75) is 57.5 Å². The number of nitrogens with one attached hydrogen (secondary N) is 1. The maximum absolute atomic E-state index is 12.5. The number of amides is 1. The Morgan fingerprint density at radius 2 is 1.85 bits per heavy atom. The summed E-state index contributed by atoms with van der Waals surface area (Å²) in [5.74, 6) is 0.743. The van der Waals surface area contributed by atoms with Crippen molar-refractivity contribution in [1.29, 1.82) is 0 Å². The van der Waals surface area contributed by atoms with E-state index in [2.05, 4.69) is 17.4 Å². The summed E-state index contributed by atoms with van der Waals surface area (Å²) >= 11 is 0. The van der Waals surface area contributed by atoms with Gasteiger partial charge < -0.3 is 14.8 Å². The first-order chi connectivity index (χ1) is 13.2. The van der Waals surface area contributed by atoms with Crippen LogP contribution in [0.25, 0.3) is 10.8 Å². The maximum Gasteiger partial charge on any atom is 0.227 e. The number of methoxy groups -OCH3 is 1. The first kappa shape index (κ1) is 19.7. The van der Waals surface area contributed by atoms with Crippen LogP contribution in [0.4, 0.5) is 0 Å². The summed E-state index contributed by atoms with van der Waals surface area (Å²) in [5.41, 5.74) is 1.03. The number of carbonyl (C=O) groups is 1. The fraction of sp³-hybridized carbons (Fsp3) is 0.522. The van der Waals surface area contributed by atoms with Crippen molar-refractivity contribution < 1.29 is 14.3 Å². The molecule has 0 heterocycles. The molecule has 2 aromatic carbocycles. The highest BCUT2D eigenvalue weighted by Gasteiger charge is 2.16. The molecular weight excluding hydrogens is 338 g/mol. The second-order valence-electron chi connectivity index (χ2n) is 7.47. The Balaban J connectivity index is 1.45. The van der Waals surface area contributed by atoms with E-state index < -0.39 is 0 Å². The van der Waals surface area contributed by atoms with Crippen LogP contribution in [0.3, 0.4) is 0 Å². The molecule has 1 N–H and O–H groups in total. The Kier molecular flexibility index (Phi) is 7.11. The lowest BCUT2D eigenvalue weighted by Crippen LogP contribution is -2.29. The lowest BCUT2D eigenvalue weighted by Gasteiger charge is -2.22. The molecule has 3 rings (SSSR count). The molecule has 0 spiro atoms. The van der Waals surface area contributed by atoms with Crippen LogP contribution in [0.15, 0.2) is 36.4 Å². The molecule has 1 amide bonds. The summed E-state index contributed by atoms with van der Waals surface area (Å²) in [7, 11) is 1.67. The van der Waals surface area contributed by atoms with Gasteiger partial charge in [-0.1, -0.05) is 43.5 Å². The fourth-order valence-electron chi connectivity index (χ4n) is 3.71. The Bertz CT molecular complexity index is 752. The molecule has 0 aliphatic heterocycles. The van der Waals surface area contributed by atoms with Crippen molar-refractivity contribution in [3.05, 3.63) is 42.0 Å². The number of carbonyl (C=O) groups excluding carboxylic acids is 1. The number of hydrogen-bond donors (Lipinski definition) is 1. The Labute approximate surface area is 162 Å².